The molecule has 0 unspecified atom stereocenters. The zero-order chi connectivity index (χ0) is 23.2. The van der Waals surface area contributed by atoms with E-state index in [0.717, 1.165) is 18.9 Å². The van der Waals surface area contributed by atoms with Crippen molar-refractivity contribution in [2.75, 3.05) is 31.1 Å². The maximum atomic E-state index is 11.6. The van der Waals surface area contributed by atoms with Crippen molar-refractivity contribution in [1.82, 2.24) is 26.1 Å². The zero-order valence-corrected chi connectivity index (χ0v) is 19.7. The average Bonchev–Trinajstić information content (AvgIpc) is 2.53. The van der Waals surface area contributed by atoms with Gasteiger partial charge in [-0.05, 0) is 53.7 Å². The van der Waals surface area contributed by atoms with E-state index in [4.69, 9.17) is 21.1 Å². The lowest BCUT2D eigenvalue weighted by Gasteiger charge is -2.40. The SMILES string of the molecule is CC(C)(C)OC(=O)NC1CN(c2ccc(Cl)nn2)C1.CC(C)(C)OC(=O)NC1CNC1. The van der Waals surface area contributed by atoms with Gasteiger partial charge in [0.2, 0.25) is 0 Å². The topological polar surface area (TPSA) is 118 Å². The molecule has 10 nitrogen and oxygen atoms in total. The van der Waals surface area contributed by atoms with Gasteiger partial charge in [-0.3, -0.25) is 0 Å². The number of hydrogen-bond donors (Lipinski definition) is 3. The first kappa shape index (κ1) is 24.9. The van der Waals surface area contributed by atoms with Crippen molar-refractivity contribution in [3.05, 3.63) is 17.3 Å². The highest BCUT2D eigenvalue weighted by Gasteiger charge is 2.30. The smallest absolute Gasteiger partial charge is 0.407 e. The number of rotatable bonds is 3. The number of aromatic nitrogens is 2. The molecule has 2 amide bonds. The predicted octanol–water partition coefficient (Wildman–Crippen LogP) is 2.33. The van der Waals surface area contributed by atoms with Crippen LogP contribution in [0.15, 0.2) is 12.1 Å². The molecular weight excluding hydrogens is 424 g/mol. The number of hydrogen-bond acceptors (Lipinski definition) is 8. The summed E-state index contributed by atoms with van der Waals surface area (Å²) in [5.74, 6) is 0.756. The Balaban J connectivity index is 0.000000245. The van der Waals surface area contributed by atoms with Crippen LogP contribution >= 0.6 is 11.6 Å². The minimum Gasteiger partial charge on any atom is -0.444 e. The highest BCUT2D eigenvalue weighted by atomic mass is 35.5. The van der Waals surface area contributed by atoms with Gasteiger partial charge in [0.25, 0.3) is 0 Å². The molecule has 31 heavy (non-hydrogen) atoms. The molecule has 0 radical (unpaired) electrons. The van der Waals surface area contributed by atoms with Crippen LogP contribution in [0.3, 0.4) is 0 Å². The molecule has 3 N–H and O–H groups in total. The van der Waals surface area contributed by atoms with Gasteiger partial charge >= 0.3 is 12.2 Å². The van der Waals surface area contributed by atoms with Crippen molar-refractivity contribution < 1.29 is 19.1 Å². The van der Waals surface area contributed by atoms with Gasteiger partial charge in [0, 0.05) is 26.2 Å². The average molecular weight is 457 g/mol. The lowest BCUT2D eigenvalue weighted by Crippen LogP contribution is -2.60. The van der Waals surface area contributed by atoms with Crippen molar-refractivity contribution in [3.63, 3.8) is 0 Å². The third-order valence-corrected chi connectivity index (χ3v) is 4.25. The number of alkyl carbamates (subject to hydrolysis) is 2. The molecule has 0 bridgehead atoms. The molecule has 3 rings (SSSR count). The van der Waals surface area contributed by atoms with E-state index in [-0.39, 0.29) is 24.3 Å². The van der Waals surface area contributed by atoms with E-state index < -0.39 is 11.2 Å². The van der Waals surface area contributed by atoms with Crippen LogP contribution in [0.5, 0.6) is 0 Å². The maximum Gasteiger partial charge on any atom is 0.407 e. The van der Waals surface area contributed by atoms with Gasteiger partial charge in [-0.15, -0.1) is 10.2 Å². The second-order valence-corrected chi connectivity index (χ2v) is 9.85. The first-order valence-corrected chi connectivity index (χ1v) is 10.6. The Morgan fingerprint density at radius 2 is 1.48 bits per heavy atom. The molecule has 3 heterocycles. The van der Waals surface area contributed by atoms with Crippen molar-refractivity contribution >= 4 is 29.6 Å². The zero-order valence-electron chi connectivity index (χ0n) is 19.0. The highest BCUT2D eigenvalue weighted by molar-refractivity contribution is 6.29. The van der Waals surface area contributed by atoms with Crippen molar-refractivity contribution in [2.24, 2.45) is 0 Å². The molecule has 11 heteroatoms. The van der Waals surface area contributed by atoms with E-state index in [0.29, 0.717) is 18.2 Å². The number of nitrogens with zero attached hydrogens (tertiary/aromatic N) is 3. The van der Waals surface area contributed by atoms with Gasteiger partial charge in [0.1, 0.15) is 11.2 Å². The monoisotopic (exact) mass is 456 g/mol. The van der Waals surface area contributed by atoms with Crippen LogP contribution in [-0.4, -0.2) is 71.8 Å². The molecule has 0 aromatic carbocycles. The maximum absolute atomic E-state index is 11.6. The Labute approximate surface area is 188 Å². The summed E-state index contributed by atoms with van der Waals surface area (Å²) in [5.41, 5.74) is -0.879. The molecule has 1 aromatic heterocycles. The third-order valence-electron chi connectivity index (χ3n) is 4.05. The minimum absolute atomic E-state index is 0.0762. The summed E-state index contributed by atoms with van der Waals surface area (Å²) in [6.07, 6.45) is -0.714. The van der Waals surface area contributed by atoms with Crippen LogP contribution in [0.1, 0.15) is 41.5 Å². The van der Waals surface area contributed by atoms with E-state index in [2.05, 4.69) is 26.1 Å². The van der Waals surface area contributed by atoms with E-state index >= 15 is 0 Å². The Hall–Kier alpha value is -2.33. The van der Waals surface area contributed by atoms with Crippen molar-refractivity contribution in [1.29, 1.82) is 0 Å². The number of carbonyl (C=O) groups excluding carboxylic acids is 2. The summed E-state index contributed by atoms with van der Waals surface area (Å²) >= 11 is 5.67. The first-order valence-electron chi connectivity index (χ1n) is 10.2. The van der Waals surface area contributed by atoms with Crippen LogP contribution in [0, 0.1) is 0 Å². The molecule has 1 aromatic rings. The summed E-state index contributed by atoms with van der Waals surface area (Å²) in [4.78, 5) is 24.7. The standard InChI is InChI=1S/C12H17ClN4O2.C8H16N2O2/c1-12(2,3)19-11(18)14-8-6-17(7-8)10-5-4-9(13)15-16-10;1-8(2,3)12-7(11)10-6-4-9-5-6/h4-5,8H,6-7H2,1-3H3,(H,14,18);6,9H,4-5H2,1-3H3,(H,10,11). The lowest BCUT2D eigenvalue weighted by molar-refractivity contribution is 0.0479. The Bertz CT molecular complexity index is 738. The summed E-state index contributed by atoms with van der Waals surface area (Å²) in [6, 6.07) is 3.82. The van der Waals surface area contributed by atoms with Gasteiger partial charge in [0.05, 0.1) is 12.1 Å². The van der Waals surface area contributed by atoms with Crippen LogP contribution in [0.4, 0.5) is 15.4 Å². The number of carbonyl (C=O) groups is 2. The minimum atomic E-state index is -0.477. The summed E-state index contributed by atoms with van der Waals surface area (Å²) in [7, 11) is 0. The van der Waals surface area contributed by atoms with Crippen molar-refractivity contribution in [3.8, 4) is 0 Å². The number of nitrogens with one attached hydrogen (secondary N) is 3. The fraction of sp³-hybridized carbons (Fsp3) is 0.700. The number of anilines is 1. The van der Waals surface area contributed by atoms with Crippen LogP contribution < -0.4 is 20.9 Å². The summed E-state index contributed by atoms with van der Waals surface area (Å²) in [6.45, 7) is 14.1. The second-order valence-electron chi connectivity index (χ2n) is 9.46. The number of halogens is 1. The van der Waals surface area contributed by atoms with Crippen LogP contribution in [0.2, 0.25) is 5.15 Å². The Kier molecular flexibility index (Phi) is 8.30. The lowest BCUT2D eigenvalue weighted by atomic mass is 10.1. The fourth-order valence-electron chi connectivity index (χ4n) is 2.57. The Morgan fingerprint density at radius 3 is 1.87 bits per heavy atom. The molecule has 2 aliphatic heterocycles. The number of ether oxygens (including phenoxy) is 2. The van der Waals surface area contributed by atoms with Gasteiger partial charge in [-0.25, -0.2) is 9.59 Å². The summed E-state index contributed by atoms with van der Waals surface area (Å²) in [5, 5.41) is 16.7. The summed E-state index contributed by atoms with van der Waals surface area (Å²) < 4.78 is 10.3. The van der Waals surface area contributed by atoms with E-state index in [1.54, 1.807) is 12.1 Å². The molecule has 0 aliphatic carbocycles. The van der Waals surface area contributed by atoms with Crippen LogP contribution in [0.25, 0.3) is 0 Å². The molecule has 2 saturated heterocycles. The van der Waals surface area contributed by atoms with Gasteiger partial charge in [0.15, 0.2) is 11.0 Å². The second kappa shape index (κ2) is 10.3. The molecule has 0 saturated carbocycles. The fourth-order valence-corrected chi connectivity index (χ4v) is 2.67. The molecule has 0 atom stereocenters. The van der Waals surface area contributed by atoms with E-state index in [1.165, 1.54) is 0 Å². The van der Waals surface area contributed by atoms with Gasteiger partial charge in [-0.2, -0.15) is 0 Å². The molecular formula is C20H33ClN6O4. The molecule has 174 valence electrons. The Morgan fingerprint density at radius 1 is 0.968 bits per heavy atom. The molecule has 2 fully saturated rings. The first-order chi connectivity index (χ1) is 14.3. The largest absolute Gasteiger partial charge is 0.444 e. The normalized spacial score (nSPS) is 16.8. The van der Waals surface area contributed by atoms with Crippen molar-refractivity contribution in [2.45, 2.75) is 64.8 Å². The molecule has 2 aliphatic rings. The van der Waals surface area contributed by atoms with Crippen LogP contribution in [-0.2, 0) is 9.47 Å². The predicted molar refractivity (Wildman–Crippen MR) is 118 cm³/mol. The highest BCUT2D eigenvalue weighted by Crippen LogP contribution is 2.19. The van der Waals surface area contributed by atoms with Gasteiger partial charge in [-0.1, -0.05) is 11.6 Å². The van der Waals surface area contributed by atoms with E-state index in [9.17, 15) is 9.59 Å². The molecule has 0 spiro atoms. The third kappa shape index (κ3) is 9.56. The quantitative estimate of drug-likeness (QED) is 0.634. The number of amides is 2. The van der Waals surface area contributed by atoms with Gasteiger partial charge < -0.3 is 30.3 Å². The van der Waals surface area contributed by atoms with E-state index in [1.807, 2.05) is 46.4 Å².